The molecule has 2 atom stereocenters. The fourth-order valence-corrected chi connectivity index (χ4v) is 1.81. The predicted octanol–water partition coefficient (Wildman–Crippen LogP) is 0.955. The summed E-state index contributed by atoms with van der Waals surface area (Å²) in [6.07, 6.45) is -1.18. The van der Waals surface area contributed by atoms with Crippen LogP contribution in [0.3, 0.4) is 0 Å². The summed E-state index contributed by atoms with van der Waals surface area (Å²) >= 11 is 3.26. The molecule has 3 N–H and O–H groups in total. The lowest BCUT2D eigenvalue weighted by Gasteiger charge is -2.17. The van der Waals surface area contributed by atoms with Crippen LogP contribution in [0.2, 0.25) is 0 Å². The molecule has 0 fully saturated rings. The molecule has 0 spiro atoms. The quantitative estimate of drug-likeness (QED) is 0.637. The van der Waals surface area contributed by atoms with Crippen molar-refractivity contribution in [2.75, 3.05) is 7.05 Å². The topological polar surface area (TPSA) is 114 Å². The molecule has 9 heteroatoms. The van der Waals surface area contributed by atoms with Crippen LogP contribution in [0.5, 0.6) is 0 Å². The molecule has 1 aromatic carbocycles. The van der Waals surface area contributed by atoms with Gasteiger partial charge in [-0.15, -0.1) is 0 Å². The Balaban J connectivity index is 2.55. The molecule has 1 rings (SSSR count). The molecule has 24 heavy (non-hydrogen) atoms. The third kappa shape index (κ3) is 5.99. The summed E-state index contributed by atoms with van der Waals surface area (Å²) in [5, 5.41) is 6.66. The number of hydrogen-bond acceptors (Lipinski definition) is 5. The van der Waals surface area contributed by atoms with Gasteiger partial charge in [-0.3, -0.25) is 14.9 Å². The van der Waals surface area contributed by atoms with E-state index in [1.54, 1.807) is 24.3 Å². The lowest BCUT2D eigenvalue weighted by atomic mass is 10.2. The van der Waals surface area contributed by atoms with Crippen molar-refractivity contribution in [2.24, 2.45) is 0 Å². The van der Waals surface area contributed by atoms with Crippen molar-refractivity contribution < 1.29 is 23.9 Å². The van der Waals surface area contributed by atoms with Gasteiger partial charge in [0, 0.05) is 17.1 Å². The van der Waals surface area contributed by atoms with Gasteiger partial charge in [-0.05, 0) is 38.1 Å². The van der Waals surface area contributed by atoms with Gasteiger partial charge < -0.3 is 15.4 Å². The van der Waals surface area contributed by atoms with E-state index in [9.17, 15) is 19.2 Å². The highest BCUT2D eigenvalue weighted by atomic mass is 79.9. The monoisotopic (exact) mass is 399 g/mol. The molecule has 130 valence electrons. The number of imide groups is 1. The summed E-state index contributed by atoms with van der Waals surface area (Å²) in [5.41, 5.74) is 0.378. The van der Waals surface area contributed by atoms with Crippen molar-refractivity contribution in [3.63, 3.8) is 0 Å². The largest absolute Gasteiger partial charge is 0.451 e. The smallest absolute Gasteiger partial charge is 0.329 e. The average Bonchev–Trinajstić information content (AvgIpc) is 2.54. The van der Waals surface area contributed by atoms with Gasteiger partial charge in [0.25, 0.3) is 11.8 Å². The van der Waals surface area contributed by atoms with Gasteiger partial charge in [0.05, 0.1) is 0 Å². The Bertz CT molecular complexity index is 633. The maximum atomic E-state index is 12.0. The second kappa shape index (κ2) is 9.02. The van der Waals surface area contributed by atoms with Crippen LogP contribution in [-0.2, 0) is 14.3 Å². The molecule has 0 bridgehead atoms. The van der Waals surface area contributed by atoms with Gasteiger partial charge in [0.2, 0.25) is 0 Å². The number of rotatable bonds is 5. The minimum atomic E-state index is -1.18. The van der Waals surface area contributed by atoms with Crippen LogP contribution in [-0.4, -0.2) is 43.0 Å². The van der Waals surface area contributed by atoms with E-state index in [0.29, 0.717) is 5.56 Å². The molecule has 8 nitrogen and oxygen atoms in total. The number of amides is 4. The molecule has 0 heterocycles. The number of carbonyl (C=O) groups excluding carboxylic acids is 4. The molecule has 1 aromatic rings. The van der Waals surface area contributed by atoms with E-state index < -0.39 is 36.0 Å². The van der Waals surface area contributed by atoms with E-state index in [1.165, 1.54) is 20.9 Å². The zero-order valence-electron chi connectivity index (χ0n) is 13.4. The fraction of sp³-hybridized carbons (Fsp3) is 0.333. The SMILES string of the molecule is CNC(=O)NC(=O)[C@@H](C)OC(=O)[C@H](C)NC(=O)c1ccc(Br)cc1. The first-order chi connectivity index (χ1) is 11.2. The summed E-state index contributed by atoms with van der Waals surface area (Å²) in [7, 11) is 1.35. The van der Waals surface area contributed by atoms with Crippen molar-refractivity contribution in [3.8, 4) is 0 Å². The van der Waals surface area contributed by atoms with Gasteiger partial charge in [0.15, 0.2) is 6.10 Å². The normalized spacial score (nSPS) is 12.5. The molecule has 0 aliphatic carbocycles. The van der Waals surface area contributed by atoms with E-state index >= 15 is 0 Å². The summed E-state index contributed by atoms with van der Waals surface area (Å²) in [6, 6.07) is 4.91. The Labute approximate surface area is 147 Å². The van der Waals surface area contributed by atoms with Crippen LogP contribution in [0.25, 0.3) is 0 Å². The van der Waals surface area contributed by atoms with E-state index in [-0.39, 0.29) is 0 Å². The number of benzene rings is 1. The number of hydrogen-bond donors (Lipinski definition) is 3. The Morgan fingerprint density at radius 1 is 1.08 bits per heavy atom. The van der Waals surface area contributed by atoms with Crippen molar-refractivity contribution in [1.82, 2.24) is 16.0 Å². The minimum absolute atomic E-state index is 0.378. The van der Waals surface area contributed by atoms with E-state index in [4.69, 9.17) is 4.74 Å². The maximum Gasteiger partial charge on any atom is 0.329 e. The Kier molecular flexibility index (Phi) is 7.37. The van der Waals surface area contributed by atoms with Crippen LogP contribution in [0.4, 0.5) is 4.79 Å². The first kappa shape index (κ1) is 19.6. The molecule has 0 radical (unpaired) electrons. The van der Waals surface area contributed by atoms with Gasteiger partial charge in [-0.1, -0.05) is 15.9 Å². The van der Waals surface area contributed by atoms with Gasteiger partial charge in [-0.25, -0.2) is 9.59 Å². The zero-order valence-corrected chi connectivity index (χ0v) is 15.0. The lowest BCUT2D eigenvalue weighted by Crippen LogP contribution is -2.46. The molecule has 0 aliphatic heterocycles. The third-order valence-electron chi connectivity index (χ3n) is 2.93. The molecule has 0 unspecified atom stereocenters. The molecule has 4 amide bonds. The summed E-state index contributed by atoms with van der Waals surface area (Å²) in [4.78, 5) is 46.6. The van der Waals surface area contributed by atoms with Crippen molar-refractivity contribution >= 4 is 39.7 Å². The molecule has 0 aromatic heterocycles. The highest BCUT2D eigenvalue weighted by molar-refractivity contribution is 9.10. The van der Waals surface area contributed by atoms with Crippen LogP contribution < -0.4 is 16.0 Å². The maximum absolute atomic E-state index is 12.0. The summed E-state index contributed by atoms with van der Waals surface area (Å²) in [5.74, 6) is -2.01. The van der Waals surface area contributed by atoms with Gasteiger partial charge in [-0.2, -0.15) is 0 Å². The lowest BCUT2D eigenvalue weighted by molar-refractivity contribution is -0.155. The standard InChI is InChI=1S/C15H18BrN3O5/c1-8(18-13(21)10-4-6-11(16)7-5-10)14(22)24-9(2)12(20)19-15(23)17-3/h4-9H,1-3H3,(H,18,21)(H2,17,19,20,23)/t8-,9+/m0/s1. The van der Waals surface area contributed by atoms with Crippen LogP contribution in [0.15, 0.2) is 28.7 Å². The second-order valence-electron chi connectivity index (χ2n) is 4.85. The van der Waals surface area contributed by atoms with Crippen LogP contribution in [0, 0.1) is 0 Å². The summed E-state index contributed by atoms with van der Waals surface area (Å²) < 4.78 is 5.74. The molecule has 0 aliphatic rings. The number of urea groups is 1. The Morgan fingerprint density at radius 3 is 2.21 bits per heavy atom. The number of ether oxygens (including phenoxy) is 1. The number of halogens is 1. The highest BCUT2D eigenvalue weighted by Crippen LogP contribution is 2.10. The Hall–Kier alpha value is -2.42. The Morgan fingerprint density at radius 2 is 1.67 bits per heavy atom. The third-order valence-corrected chi connectivity index (χ3v) is 3.46. The van der Waals surface area contributed by atoms with Gasteiger partial charge >= 0.3 is 12.0 Å². The number of nitrogens with one attached hydrogen (secondary N) is 3. The zero-order chi connectivity index (χ0) is 18.3. The molecular formula is C15H18BrN3O5. The van der Waals surface area contributed by atoms with Gasteiger partial charge in [0.1, 0.15) is 6.04 Å². The van der Waals surface area contributed by atoms with E-state index in [2.05, 4.69) is 26.6 Å². The molecule has 0 saturated carbocycles. The second-order valence-corrected chi connectivity index (χ2v) is 5.77. The molecule has 0 saturated heterocycles. The molecular weight excluding hydrogens is 382 g/mol. The first-order valence-corrected chi connectivity index (χ1v) is 7.83. The first-order valence-electron chi connectivity index (χ1n) is 7.04. The van der Waals surface area contributed by atoms with Crippen LogP contribution >= 0.6 is 15.9 Å². The van der Waals surface area contributed by atoms with Crippen molar-refractivity contribution in [3.05, 3.63) is 34.3 Å². The highest BCUT2D eigenvalue weighted by Gasteiger charge is 2.24. The van der Waals surface area contributed by atoms with Crippen molar-refractivity contribution in [2.45, 2.75) is 26.0 Å². The van der Waals surface area contributed by atoms with E-state index in [1.807, 2.05) is 5.32 Å². The number of esters is 1. The number of carbonyl (C=O) groups is 4. The van der Waals surface area contributed by atoms with Crippen molar-refractivity contribution in [1.29, 1.82) is 0 Å². The average molecular weight is 400 g/mol. The van der Waals surface area contributed by atoms with Crippen LogP contribution in [0.1, 0.15) is 24.2 Å². The minimum Gasteiger partial charge on any atom is -0.451 e. The summed E-state index contributed by atoms with van der Waals surface area (Å²) in [6.45, 7) is 2.75. The predicted molar refractivity (Wildman–Crippen MR) is 89.2 cm³/mol. The fourth-order valence-electron chi connectivity index (χ4n) is 1.55. The van der Waals surface area contributed by atoms with E-state index in [0.717, 1.165) is 4.47 Å².